The third kappa shape index (κ3) is 4.25. The monoisotopic (exact) mass is 377 g/mol. The Bertz CT molecular complexity index is 861. The third-order valence-electron chi connectivity index (χ3n) is 3.13. The summed E-state index contributed by atoms with van der Waals surface area (Å²) in [5.74, 6) is 0.214. The number of halogens is 1. The Morgan fingerprint density at radius 3 is 2.58 bits per heavy atom. The van der Waals surface area contributed by atoms with Crippen LogP contribution < -0.4 is 5.32 Å². The molecule has 0 bridgehead atoms. The molecule has 2 heterocycles. The number of hydrogen-bond donors (Lipinski definition) is 1. The minimum Gasteiger partial charge on any atom is -0.301 e. The van der Waals surface area contributed by atoms with Crippen LogP contribution in [0.5, 0.6) is 0 Å². The Balaban J connectivity index is 1.54. The van der Waals surface area contributed by atoms with Crippen LogP contribution in [0.3, 0.4) is 0 Å². The molecular weight excluding hydrogens is 366 g/mol. The third-order valence-corrected chi connectivity index (χ3v) is 5.03. The average Bonchev–Trinajstić information content (AvgIpc) is 3.23. The van der Waals surface area contributed by atoms with Gasteiger partial charge in [-0.15, -0.1) is 11.3 Å². The lowest BCUT2D eigenvalue weighted by Crippen LogP contribution is -2.13. The van der Waals surface area contributed by atoms with Gasteiger partial charge in [-0.1, -0.05) is 41.9 Å². The SMILES string of the molecule is O=C(CCC(=O)c1ccc(Cl)s1)Nc1nc(-c2ccccc2)ns1. The molecule has 5 nitrogen and oxygen atoms in total. The molecule has 0 aliphatic rings. The molecule has 0 fully saturated rings. The second-order valence-corrected chi connectivity index (χ2v) is 7.33. The minimum atomic E-state index is -0.262. The van der Waals surface area contributed by atoms with Crippen molar-refractivity contribution in [3.63, 3.8) is 0 Å². The molecule has 1 N–H and O–H groups in total. The summed E-state index contributed by atoms with van der Waals surface area (Å²) in [5, 5.41) is 3.10. The van der Waals surface area contributed by atoms with Crippen molar-refractivity contribution in [2.45, 2.75) is 12.8 Å². The highest BCUT2D eigenvalue weighted by molar-refractivity contribution is 7.18. The van der Waals surface area contributed by atoms with Crippen molar-refractivity contribution in [1.29, 1.82) is 0 Å². The number of anilines is 1. The standard InChI is InChI=1S/C16H12ClN3O2S2/c17-13-8-7-12(23-13)11(21)6-9-14(22)18-16-19-15(20-24-16)10-4-2-1-3-5-10/h1-5,7-8H,6,9H2,(H,18,19,20,22). The Labute approximate surface area is 151 Å². The lowest BCUT2D eigenvalue weighted by atomic mass is 10.2. The Morgan fingerprint density at radius 2 is 1.88 bits per heavy atom. The fourth-order valence-corrected chi connectivity index (χ4v) is 3.59. The first-order valence-corrected chi connectivity index (χ1v) is 9.06. The molecule has 0 aliphatic carbocycles. The lowest BCUT2D eigenvalue weighted by Gasteiger charge is -2.00. The highest BCUT2D eigenvalue weighted by atomic mass is 35.5. The van der Waals surface area contributed by atoms with Crippen molar-refractivity contribution >= 4 is 51.3 Å². The smallest absolute Gasteiger partial charge is 0.226 e. The second kappa shape index (κ2) is 7.65. The van der Waals surface area contributed by atoms with Gasteiger partial charge in [0.15, 0.2) is 11.6 Å². The summed E-state index contributed by atoms with van der Waals surface area (Å²) < 4.78 is 4.78. The highest BCUT2D eigenvalue weighted by Crippen LogP contribution is 2.23. The Hall–Kier alpha value is -2.09. The number of nitrogens with zero attached hydrogens (tertiary/aromatic N) is 2. The first-order valence-electron chi connectivity index (χ1n) is 7.09. The first kappa shape index (κ1) is 16.8. The van der Waals surface area contributed by atoms with E-state index in [0.717, 1.165) is 17.1 Å². The van der Waals surface area contributed by atoms with E-state index in [1.54, 1.807) is 12.1 Å². The molecule has 24 heavy (non-hydrogen) atoms. The maximum atomic E-state index is 12.0. The number of ketones is 1. The molecule has 2 aromatic heterocycles. The fourth-order valence-electron chi connectivity index (χ4n) is 1.97. The summed E-state index contributed by atoms with van der Waals surface area (Å²) in [6, 6.07) is 12.9. The van der Waals surface area contributed by atoms with E-state index in [1.807, 2.05) is 30.3 Å². The minimum absolute atomic E-state index is 0.0919. The van der Waals surface area contributed by atoms with Gasteiger partial charge in [-0.25, -0.2) is 0 Å². The Kier molecular flexibility index (Phi) is 5.34. The zero-order chi connectivity index (χ0) is 16.9. The molecule has 0 saturated heterocycles. The number of Topliss-reactive ketones (excluding diaryl/α,β-unsaturated/α-hetero) is 1. The number of hydrogen-bond acceptors (Lipinski definition) is 6. The van der Waals surface area contributed by atoms with Gasteiger partial charge in [0.25, 0.3) is 0 Å². The van der Waals surface area contributed by atoms with Crippen molar-refractivity contribution in [1.82, 2.24) is 9.36 Å². The molecule has 122 valence electrons. The topological polar surface area (TPSA) is 72.0 Å². The number of carbonyl (C=O) groups excluding carboxylic acids is 2. The molecule has 0 aliphatic heterocycles. The molecule has 0 spiro atoms. The van der Waals surface area contributed by atoms with E-state index in [4.69, 9.17) is 11.6 Å². The molecular formula is C16H12ClN3O2S2. The van der Waals surface area contributed by atoms with E-state index < -0.39 is 0 Å². The van der Waals surface area contributed by atoms with Gasteiger partial charge in [0.2, 0.25) is 11.0 Å². The zero-order valence-electron chi connectivity index (χ0n) is 12.4. The molecule has 0 saturated carbocycles. The van der Waals surface area contributed by atoms with Gasteiger partial charge in [0.1, 0.15) is 0 Å². The summed E-state index contributed by atoms with van der Waals surface area (Å²) in [4.78, 5) is 28.8. The van der Waals surface area contributed by atoms with E-state index in [1.165, 1.54) is 11.3 Å². The van der Waals surface area contributed by atoms with Gasteiger partial charge in [-0.05, 0) is 12.1 Å². The van der Waals surface area contributed by atoms with E-state index in [9.17, 15) is 9.59 Å². The lowest BCUT2D eigenvalue weighted by molar-refractivity contribution is -0.116. The van der Waals surface area contributed by atoms with E-state index in [-0.39, 0.29) is 24.5 Å². The molecule has 3 rings (SSSR count). The van der Waals surface area contributed by atoms with Gasteiger partial charge in [0, 0.05) is 29.9 Å². The summed E-state index contributed by atoms with van der Waals surface area (Å²) in [6.07, 6.45) is 0.224. The zero-order valence-corrected chi connectivity index (χ0v) is 14.7. The molecule has 0 radical (unpaired) electrons. The summed E-state index contributed by atoms with van der Waals surface area (Å²) in [7, 11) is 0. The van der Waals surface area contributed by atoms with E-state index >= 15 is 0 Å². The predicted molar refractivity (Wildman–Crippen MR) is 96.9 cm³/mol. The van der Waals surface area contributed by atoms with Crippen molar-refractivity contribution in [3.05, 3.63) is 51.7 Å². The van der Waals surface area contributed by atoms with Crippen LogP contribution in [-0.4, -0.2) is 21.0 Å². The van der Waals surface area contributed by atoms with Crippen LogP contribution in [0.1, 0.15) is 22.5 Å². The van der Waals surface area contributed by atoms with Crippen molar-refractivity contribution in [2.24, 2.45) is 0 Å². The number of nitrogens with one attached hydrogen (secondary N) is 1. The van der Waals surface area contributed by atoms with Crippen LogP contribution in [0.25, 0.3) is 11.4 Å². The van der Waals surface area contributed by atoms with E-state index in [0.29, 0.717) is 20.2 Å². The summed E-state index contributed by atoms with van der Waals surface area (Å²) in [6.45, 7) is 0. The van der Waals surface area contributed by atoms with Crippen molar-refractivity contribution in [3.8, 4) is 11.4 Å². The maximum absolute atomic E-state index is 12.0. The number of rotatable bonds is 6. The van der Waals surface area contributed by atoms with Crippen LogP contribution >= 0.6 is 34.5 Å². The highest BCUT2D eigenvalue weighted by Gasteiger charge is 2.13. The van der Waals surface area contributed by atoms with Gasteiger partial charge in [-0.3, -0.25) is 9.59 Å². The number of thiophene rings is 1. The molecule has 0 atom stereocenters. The largest absolute Gasteiger partial charge is 0.301 e. The maximum Gasteiger partial charge on any atom is 0.226 e. The molecule has 1 amide bonds. The van der Waals surface area contributed by atoms with Crippen LogP contribution in [0.4, 0.5) is 5.13 Å². The number of benzene rings is 1. The summed E-state index contributed by atoms with van der Waals surface area (Å²) in [5.41, 5.74) is 0.888. The van der Waals surface area contributed by atoms with Crippen molar-refractivity contribution in [2.75, 3.05) is 5.32 Å². The van der Waals surface area contributed by atoms with Gasteiger partial charge in [0.05, 0.1) is 9.21 Å². The molecule has 1 aromatic carbocycles. The fraction of sp³-hybridized carbons (Fsp3) is 0.125. The number of aromatic nitrogens is 2. The normalized spacial score (nSPS) is 10.5. The predicted octanol–water partition coefficient (Wildman–Crippen LogP) is 4.52. The van der Waals surface area contributed by atoms with Crippen LogP contribution in [0.15, 0.2) is 42.5 Å². The van der Waals surface area contributed by atoms with E-state index in [2.05, 4.69) is 14.7 Å². The van der Waals surface area contributed by atoms with Gasteiger partial charge < -0.3 is 5.32 Å². The Morgan fingerprint density at radius 1 is 1.08 bits per heavy atom. The molecule has 3 aromatic rings. The first-order chi connectivity index (χ1) is 11.6. The molecule has 0 unspecified atom stereocenters. The number of carbonyl (C=O) groups is 2. The van der Waals surface area contributed by atoms with Crippen LogP contribution in [0.2, 0.25) is 4.34 Å². The summed E-state index contributed by atoms with van der Waals surface area (Å²) >= 11 is 8.13. The quantitative estimate of drug-likeness (QED) is 0.641. The number of amides is 1. The van der Waals surface area contributed by atoms with Gasteiger partial charge in [-0.2, -0.15) is 9.36 Å². The van der Waals surface area contributed by atoms with Crippen LogP contribution in [0, 0.1) is 0 Å². The molecule has 8 heteroatoms. The van der Waals surface area contributed by atoms with Gasteiger partial charge >= 0.3 is 0 Å². The second-order valence-electron chi connectivity index (χ2n) is 4.86. The van der Waals surface area contributed by atoms with Crippen LogP contribution in [-0.2, 0) is 4.79 Å². The average molecular weight is 378 g/mol. The van der Waals surface area contributed by atoms with Crippen molar-refractivity contribution < 1.29 is 9.59 Å².